The van der Waals surface area contributed by atoms with Crippen LogP contribution in [0.25, 0.3) is 0 Å². The molecule has 2 rings (SSSR count). The van der Waals surface area contributed by atoms with Crippen LogP contribution in [0.5, 0.6) is 0 Å². The van der Waals surface area contributed by atoms with Crippen molar-refractivity contribution in [2.45, 2.75) is 24.8 Å². The van der Waals surface area contributed by atoms with Gasteiger partial charge in [0.1, 0.15) is 4.90 Å². The average molecular weight is 295 g/mol. The molecule has 1 aromatic carbocycles. The maximum atomic E-state index is 12.2. The molecule has 1 heterocycles. The Morgan fingerprint density at radius 1 is 1.30 bits per heavy atom. The Bertz CT molecular complexity index is 661. The highest BCUT2D eigenvalue weighted by molar-refractivity contribution is 7.89. The maximum absolute atomic E-state index is 12.2. The van der Waals surface area contributed by atoms with Crippen molar-refractivity contribution in [3.8, 4) is 0 Å². The fourth-order valence-electron chi connectivity index (χ4n) is 1.99. The van der Waals surface area contributed by atoms with E-state index in [4.69, 9.17) is 0 Å². The van der Waals surface area contributed by atoms with Gasteiger partial charge >= 0.3 is 0 Å². The van der Waals surface area contributed by atoms with Crippen molar-refractivity contribution in [2.24, 2.45) is 0 Å². The number of aromatic nitrogens is 2. The Morgan fingerprint density at radius 2 is 1.95 bits per heavy atom. The number of aromatic amines is 1. The zero-order chi connectivity index (χ0) is 14.8. The van der Waals surface area contributed by atoms with Gasteiger partial charge in [0, 0.05) is 6.54 Å². The van der Waals surface area contributed by atoms with E-state index in [0.29, 0.717) is 17.0 Å². The Kier molecular flexibility index (Phi) is 4.22. The molecule has 0 saturated heterocycles. The smallest absolute Gasteiger partial charge is 0.244 e. The summed E-state index contributed by atoms with van der Waals surface area (Å²) in [5.41, 5.74) is 1.55. The molecule has 108 valence electrons. The first-order valence-corrected chi connectivity index (χ1v) is 7.64. The number of hydrogen-bond acceptors (Lipinski definition) is 4. The highest BCUT2D eigenvalue weighted by atomic mass is 32.2. The predicted octanol–water partition coefficient (Wildman–Crippen LogP) is 1.04. The van der Waals surface area contributed by atoms with Crippen molar-refractivity contribution < 1.29 is 13.5 Å². The van der Waals surface area contributed by atoms with Gasteiger partial charge in [0.25, 0.3) is 0 Å². The largest absolute Gasteiger partial charge is 0.387 e. The zero-order valence-corrected chi connectivity index (χ0v) is 12.1. The van der Waals surface area contributed by atoms with Crippen LogP contribution in [0.4, 0.5) is 0 Å². The summed E-state index contributed by atoms with van der Waals surface area (Å²) in [5, 5.41) is 16.5. The van der Waals surface area contributed by atoms with Crippen molar-refractivity contribution in [1.82, 2.24) is 14.9 Å². The van der Waals surface area contributed by atoms with E-state index in [1.165, 1.54) is 0 Å². The van der Waals surface area contributed by atoms with Crippen LogP contribution < -0.4 is 4.72 Å². The summed E-state index contributed by atoms with van der Waals surface area (Å²) in [5.74, 6) is 0. The molecule has 0 aliphatic rings. The highest BCUT2D eigenvalue weighted by Gasteiger charge is 2.23. The van der Waals surface area contributed by atoms with Crippen LogP contribution in [0.1, 0.15) is 23.1 Å². The minimum Gasteiger partial charge on any atom is -0.387 e. The van der Waals surface area contributed by atoms with Crippen LogP contribution in [-0.2, 0) is 10.0 Å². The third-order valence-electron chi connectivity index (χ3n) is 2.98. The van der Waals surface area contributed by atoms with Gasteiger partial charge in [-0.15, -0.1) is 0 Å². The van der Waals surface area contributed by atoms with E-state index in [1.807, 2.05) is 6.07 Å². The lowest BCUT2D eigenvalue weighted by Gasteiger charge is -2.12. The number of benzene rings is 1. The van der Waals surface area contributed by atoms with Crippen LogP contribution in [0.15, 0.2) is 35.2 Å². The number of aliphatic hydroxyl groups is 1. The third-order valence-corrected chi connectivity index (χ3v) is 4.67. The molecule has 7 heteroatoms. The molecule has 0 aliphatic heterocycles. The summed E-state index contributed by atoms with van der Waals surface area (Å²) in [7, 11) is -3.69. The number of aryl methyl sites for hydroxylation is 2. The Hall–Kier alpha value is -1.70. The molecule has 6 nitrogen and oxygen atoms in total. The minimum atomic E-state index is -3.69. The molecule has 0 spiro atoms. The monoisotopic (exact) mass is 295 g/mol. The number of sulfonamides is 1. The van der Waals surface area contributed by atoms with Gasteiger partial charge in [-0.25, -0.2) is 13.1 Å². The Balaban J connectivity index is 2.11. The van der Waals surface area contributed by atoms with Crippen LogP contribution in [-0.4, -0.2) is 30.3 Å². The van der Waals surface area contributed by atoms with Gasteiger partial charge in [0.05, 0.1) is 17.5 Å². The van der Waals surface area contributed by atoms with Crippen LogP contribution in [0.2, 0.25) is 0 Å². The highest BCUT2D eigenvalue weighted by Crippen LogP contribution is 2.17. The van der Waals surface area contributed by atoms with Gasteiger partial charge in [-0.3, -0.25) is 5.10 Å². The van der Waals surface area contributed by atoms with Gasteiger partial charge < -0.3 is 5.11 Å². The second kappa shape index (κ2) is 5.74. The third kappa shape index (κ3) is 3.06. The number of H-pyrrole nitrogens is 1. The van der Waals surface area contributed by atoms with E-state index < -0.39 is 16.1 Å². The number of rotatable bonds is 5. The maximum Gasteiger partial charge on any atom is 0.244 e. The van der Waals surface area contributed by atoms with Crippen molar-refractivity contribution in [2.75, 3.05) is 6.54 Å². The molecule has 0 radical (unpaired) electrons. The molecule has 1 aromatic heterocycles. The Labute approximate surface area is 117 Å². The molecule has 0 saturated carbocycles. The molecule has 0 amide bonds. The molecule has 20 heavy (non-hydrogen) atoms. The molecule has 2 aromatic rings. The molecule has 0 aliphatic carbocycles. The number of hydrogen-bond donors (Lipinski definition) is 3. The summed E-state index contributed by atoms with van der Waals surface area (Å²) in [4.78, 5) is 0.137. The van der Waals surface area contributed by atoms with Gasteiger partial charge in [-0.1, -0.05) is 30.3 Å². The predicted molar refractivity (Wildman–Crippen MR) is 74.7 cm³/mol. The molecule has 3 N–H and O–H groups in total. The number of nitrogens with zero attached hydrogens (tertiary/aromatic N) is 1. The quantitative estimate of drug-likeness (QED) is 0.768. The first-order valence-electron chi connectivity index (χ1n) is 6.16. The summed E-state index contributed by atoms with van der Waals surface area (Å²) in [6.45, 7) is 3.17. The summed E-state index contributed by atoms with van der Waals surface area (Å²) in [6, 6.07) is 8.90. The van der Waals surface area contributed by atoms with Crippen LogP contribution in [0, 0.1) is 13.8 Å². The molecule has 0 fully saturated rings. The van der Waals surface area contributed by atoms with E-state index in [-0.39, 0.29) is 11.4 Å². The first kappa shape index (κ1) is 14.7. The molecule has 1 unspecified atom stereocenters. The summed E-state index contributed by atoms with van der Waals surface area (Å²) >= 11 is 0. The fraction of sp³-hybridized carbons (Fsp3) is 0.308. The van der Waals surface area contributed by atoms with Crippen LogP contribution >= 0.6 is 0 Å². The summed E-state index contributed by atoms with van der Waals surface area (Å²) < 4.78 is 26.8. The SMILES string of the molecule is Cc1n[nH]c(C)c1S(=O)(=O)NCC(O)c1ccccc1. The van der Waals surface area contributed by atoms with E-state index >= 15 is 0 Å². The van der Waals surface area contributed by atoms with Crippen molar-refractivity contribution >= 4 is 10.0 Å². The lowest BCUT2D eigenvalue weighted by molar-refractivity contribution is 0.182. The van der Waals surface area contributed by atoms with Gasteiger partial charge in [0.2, 0.25) is 10.0 Å². The average Bonchev–Trinajstić information content (AvgIpc) is 2.77. The molecular formula is C13H17N3O3S. The minimum absolute atomic E-state index is 0.0869. The van der Waals surface area contributed by atoms with E-state index in [9.17, 15) is 13.5 Å². The normalized spacial score (nSPS) is 13.3. The molecule has 1 atom stereocenters. The standard InChI is InChI=1S/C13H17N3O3S/c1-9-13(10(2)16-15-9)20(18,19)14-8-12(17)11-6-4-3-5-7-11/h3-7,12,14,17H,8H2,1-2H3,(H,15,16). The number of aliphatic hydroxyl groups excluding tert-OH is 1. The van der Waals surface area contributed by atoms with Gasteiger partial charge in [0.15, 0.2) is 0 Å². The van der Waals surface area contributed by atoms with Crippen molar-refractivity contribution in [3.05, 3.63) is 47.3 Å². The number of nitrogens with one attached hydrogen (secondary N) is 2. The van der Waals surface area contributed by atoms with Crippen LogP contribution in [0.3, 0.4) is 0 Å². The van der Waals surface area contributed by atoms with E-state index in [2.05, 4.69) is 14.9 Å². The second-order valence-electron chi connectivity index (χ2n) is 4.54. The molecular weight excluding hydrogens is 278 g/mol. The molecule has 0 bridgehead atoms. The van der Waals surface area contributed by atoms with E-state index in [0.717, 1.165) is 0 Å². The Morgan fingerprint density at radius 3 is 2.50 bits per heavy atom. The van der Waals surface area contributed by atoms with Crippen molar-refractivity contribution in [3.63, 3.8) is 0 Å². The summed E-state index contributed by atoms with van der Waals surface area (Å²) in [6.07, 6.45) is -0.890. The lowest BCUT2D eigenvalue weighted by Crippen LogP contribution is -2.29. The first-order chi connectivity index (χ1) is 9.42. The topological polar surface area (TPSA) is 95.1 Å². The lowest BCUT2D eigenvalue weighted by atomic mass is 10.1. The van der Waals surface area contributed by atoms with Gasteiger partial charge in [-0.05, 0) is 19.4 Å². The second-order valence-corrected chi connectivity index (χ2v) is 6.25. The zero-order valence-electron chi connectivity index (χ0n) is 11.3. The fourth-order valence-corrected chi connectivity index (χ4v) is 3.40. The van der Waals surface area contributed by atoms with E-state index in [1.54, 1.807) is 38.1 Å². The van der Waals surface area contributed by atoms with Gasteiger partial charge in [-0.2, -0.15) is 5.10 Å². The van der Waals surface area contributed by atoms with Crippen molar-refractivity contribution in [1.29, 1.82) is 0 Å².